The predicted octanol–water partition coefficient (Wildman–Crippen LogP) is 0.680. The third kappa shape index (κ3) is 4.44. The molecule has 1 fully saturated rings. The molecule has 0 radical (unpaired) electrons. The number of nitrogens with zero attached hydrogens (tertiary/aromatic N) is 1. The zero-order chi connectivity index (χ0) is 14.0. The number of rotatable bonds is 4. The van der Waals surface area contributed by atoms with E-state index in [1.165, 1.54) is 4.90 Å². The number of likely N-dealkylation sites (tertiary alicyclic amines) is 1. The highest BCUT2D eigenvalue weighted by Crippen LogP contribution is 2.25. The first-order valence-electron chi connectivity index (χ1n) is 6.22. The molecule has 1 saturated heterocycles. The van der Waals surface area contributed by atoms with E-state index in [4.69, 9.17) is 15.2 Å². The van der Waals surface area contributed by atoms with Crippen LogP contribution in [0.5, 0.6) is 0 Å². The first kappa shape index (κ1) is 15.2. The van der Waals surface area contributed by atoms with E-state index in [-0.39, 0.29) is 6.09 Å². The van der Waals surface area contributed by atoms with Gasteiger partial charge in [-0.05, 0) is 27.7 Å². The van der Waals surface area contributed by atoms with Crippen molar-refractivity contribution in [3.05, 3.63) is 0 Å². The van der Waals surface area contributed by atoms with E-state index in [0.29, 0.717) is 26.1 Å². The summed E-state index contributed by atoms with van der Waals surface area (Å²) in [5.41, 5.74) is 4.95. The van der Waals surface area contributed by atoms with Gasteiger partial charge in [0, 0.05) is 26.1 Å². The van der Waals surface area contributed by atoms with Crippen molar-refractivity contribution in [2.45, 2.75) is 51.5 Å². The summed E-state index contributed by atoms with van der Waals surface area (Å²) in [6.07, 6.45) is -0.921. The molecule has 0 spiro atoms. The molecular weight excluding hydrogens is 236 g/mol. The van der Waals surface area contributed by atoms with E-state index in [2.05, 4.69) is 0 Å². The van der Waals surface area contributed by atoms with E-state index in [9.17, 15) is 9.90 Å². The predicted molar refractivity (Wildman–Crippen MR) is 67.0 cm³/mol. The normalized spacial score (nSPS) is 20.2. The third-order valence-electron chi connectivity index (χ3n) is 2.60. The second kappa shape index (κ2) is 5.42. The van der Waals surface area contributed by atoms with Crippen LogP contribution in [0.2, 0.25) is 0 Å². The second-order valence-corrected chi connectivity index (χ2v) is 5.81. The summed E-state index contributed by atoms with van der Waals surface area (Å²) in [4.78, 5) is 13.2. The van der Waals surface area contributed by atoms with Crippen LogP contribution < -0.4 is 5.73 Å². The van der Waals surface area contributed by atoms with Crippen LogP contribution >= 0.6 is 0 Å². The Morgan fingerprint density at radius 2 is 2.06 bits per heavy atom. The number of aliphatic hydroxyl groups is 1. The molecule has 0 saturated carbocycles. The van der Waals surface area contributed by atoms with Crippen molar-refractivity contribution in [3.8, 4) is 0 Å². The molecule has 1 unspecified atom stereocenters. The molecule has 0 aromatic rings. The SMILES string of the molecule is CCOC(O)CC1(N)CN(C(=O)OC(C)(C)C)C1. The molecule has 0 aromatic heterocycles. The molecule has 6 nitrogen and oxygen atoms in total. The largest absolute Gasteiger partial charge is 0.444 e. The maximum absolute atomic E-state index is 11.7. The molecule has 6 heteroatoms. The Kier molecular flexibility index (Phi) is 4.58. The molecular formula is C12H24N2O4. The monoisotopic (exact) mass is 260 g/mol. The average Bonchev–Trinajstić information content (AvgIpc) is 2.11. The van der Waals surface area contributed by atoms with Crippen LogP contribution in [-0.4, -0.2) is 53.2 Å². The van der Waals surface area contributed by atoms with Gasteiger partial charge in [-0.25, -0.2) is 4.79 Å². The van der Waals surface area contributed by atoms with Gasteiger partial charge in [0.1, 0.15) is 5.60 Å². The Morgan fingerprint density at radius 3 is 2.50 bits per heavy atom. The summed E-state index contributed by atoms with van der Waals surface area (Å²) in [7, 11) is 0. The number of nitrogens with two attached hydrogens (primary N) is 1. The summed E-state index contributed by atoms with van der Waals surface area (Å²) in [5.74, 6) is 0. The molecule has 0 aliphatic carbocycles. The summed E-state index contributed by atoms with van der Waals surface area (Å²) in [6.45, 7) is 8.46. The zero-order valence-electron chi connectivity index (χ0n) is 11.6. The van der Waals surface area contributed by atoms with E-state index in [1.807, 2.05) is 20.8 Å². The van der Waals surface area contributed by atoms with Gasteiger partial charge < -0.3 is 25.2 Å². The second-order valence-electron chi connectivity index (χ2n) is 5.81. The van der Waals surface area contributed by atoms with Crippen molar-refractivity contribution < 1.29 is 19.4 Å². The number of hydrogen-bond acceptors (Lipinski definition) is 5. The Balaban J connectivity index is 2.36. The minimum absolute atomic E-state index is 0.320. The van der Waals surface area contributed by atoms with Gasteiger partial charge in [0.25, 0.3) is 0 Å². The van der Waals surface area contributed by atoms with Crippen molar-refractivity contribution in [2.24, 2.45) is 5.73 Å². The van der Waals surface area contributed by atoms with Crippen molar-refractivity contribution in [1.82, 2.24) is 4.90 Å². The number of carbonyl (C=O) groups excluding carboxylic acids is 1. The first-order valence-corrected chi connectivity index (χ1v) is 6.22. The Bertz CT molecular complexity index is 295. The van der Waals surface area contributed by atoms with Crippen LogP contribution in [-0.2, 0) is 9.47 Å². The van der Waals surface area contributed by atoms with Gasteiger partial charge in [-0.1, -0.05) is 0 Å². The Morgan fingerprint density at radius 1 is 1.50 bits per heavy atom. The highest BCUT2D eigenvalue weighted by molar-refractivity contribution is 5.69. The maximum atomic E-state index is 11.7. The van der Waals surface area contributed by atoms with Crippen molar-refractivity contribution in [2.75, 3.05) is 19.7 Å². The van der Waals surface area contributed by atoms with Crippen LogP contribution in [0.4, 0.5) is 4.79 Å². The Hall–Kier alpha value is -0.850. The summed E-state index contributed by atoms with van der Waals surface area (Å²) in [6, 6.07) is 0. The zero-order valence-corrected chi connectivity index (χ0v) is 11.6. The lowest BCUT2D eigenvalue weighted by Gasteiger charge is -2.48. The fraction of sp³-hybridized carbons (Fsp3) is 0.917. The minimum atomic E-state index is -0.874. The fourth-order valence-electron chi connectivity index (χ4n) is 1.90. The first-order chi connectivity index (χ1) is 8.15. The van der Waals surface area contributed by atoms with E-state index in [1.54, 1.807) is 6.92 Å². The maximum Gasteiger partial charge on any atom is 0.410 e. The van der Waals surface area contributed by atoms with Crippen LogP contribution in [0.25, 0.3) is 0 Å². The van der Waals surface area contributed by atoms with E-state index < -0.39 is 17.4 Å². The van der Waals surface area contributed by atoms with Crippen molar-refractivity contribution in [3.63, 3.8) is 0 Å². The third-order valence-corrected chi connectivity index (χ3v) is 2.60. The van der Waals surface area contributed by atoms with E-state index >= 15 is 0 Å². The van der Waals surface area contributed by atoms with E-state index in [0.717, 1.165) is 0 Å². The smallest absolute Gasteiger partial charge is 0.410 e. The molecule has 1 aliphatic rings. The molecule has 0 aromatic carbocycles. The van der Waals surface area contributed by atoms with Gasteiger partial charge in [-0.15, -0.1) is 0 Å². The molecule has 3 N–H and O–H groups in total. The number of carbonyl (C=O) groups is 1. The van der Waals surface area contributed by atoms with Crippen molar-refractivity contribution in [1.29, 1.82) is 0 Å². The molecule has 18 heavy (non-hydrogen) atoms. The van der Waals surface area contributed by atoms with Gasteiger partial charge >= 0.3 is 6.09 Å². The fourth-order valence-corrected chi connectivity index (χ4v) is 1.90. The van der Waals surface area contributed by atoms with Gasteiger partial charge in [0.15, 0.2) is 6.29 Å². The lowest BCUT2D eigenvalue weighted by molar-refractivity contribution is -0.122. The molecule has 1 rings (SSSR count). The van der Waals surface area contributed by atoms with Gasteiger partial charge in [0.05, 0.1) is 5.54 Å². The minimum Gasteiger partial charge on any atom is -0.444 e. The van der Waals surface area contributed by atoms with Crippen LogP contribution in [0.3, 0.4) is 0 Å². The highest BCUT2D eigenvalue weighted by atomic mass is 16.6. The highest BCUT2D eigenvalue weighted by Gasteiger charge is 2.44. The molecule has 1 heterocycles. The standard InChI is InChI=1S/C12H24N2O4/c1-5-17-9(15)6-12(13)7-14(8-12)10(16)18-11(2,3)4/h9,15H,5-8,13H2,1-4H3. The quantitative estimate of drug-likeness (QED) is 0.726. The van der Waals surface area contributed by atoms with Crippen molar-refractivity contribution >= 4 is 6.09 Å². The number of ether oxygens (including phenoxy) is 2. The van der Waals surface area contributed by atoms with Gasteiger partial charge in [-0.3, -0.25) is 0 Å². The lowest BCUT2D eigenvalue weighted by Crippen LogP contribution is -2.69. The number of amides is 1. The van der Waals surface area contributed by atoms with Gasteiger partial charge in [-0.2, -0.15) is 0 Å². The van der Waals surface area contributed by atoms with Gasteiger partial charge in [0.2, 0.25) is 0 Å². The molecule has 0 bridgehead atoms. The van der Waals surface area contributed by atoms with Crippen LogP contribution in [0, 0.1) is 0 Å². The summed E-state index contributed by atoms with van der Waals surface area (Å²) >= 11 is 0. The molecule has 1 aliphatic heterocycles. The molecule has 1 amide bonds. The number of aliphatic hydroxyl groups excluding tert-OH is 1. The summed E-state index contributed by atoms with van der Waals surface area (Å²) < 4.78 is 10.3. The summed E-state index contributed by atoms with van der Waals surface area (Å²) in [5, 5.41) is 9.52. The topological polar surface area (TPSA) is 85.0 Å². The number of hydrogen-bond donors (Lipinski definition) is 2. The molecule has 1 atom stereocenters. The molecule has 106 valence electrons. The van der Waals surface area contributed by atoms with Crippen LogP contribution in [0.1, 0.15) is 34.1 Å². The lowest BCUT2D eigenvalue weighted by atomic mass is 9.87. The van der Waals surface area contributed by atoms with Crippen LogP contribution in [0.15, 0.2) is 0 Å². The average molecular weight is 260 g/mol. The Labute approximate surface area is 108 Å².